The Labute approximate surface area is 174 Å². The zero-order valence-electron chi connectivity index (χ0n) is 18.2. The maximum atomic E-state index is 2.33. The van der Waals surface area contributed by atoms with Gasteiger partial charge in [-0.3, -0.25) is 0 Å². The van der Waals surface area contributed by atoms with Crippen LogP contribution in [0.25, 0.3) is 0 Å². The molecular formula is C20H38NiP4+. The molecule has 25 heavy (non-hydrogen) atoms. The van der Waals surface area contributed by atoms with E-state index in [0.717, 1.165) is 0 Å². The molecule has 2 heterocycles. The molecule has 2 aliphatic heterocycles. The van der Waals surface area contributed by atoms with Crippen molar-refractivity contribution in [3.63, 3.8) is 0 Å². The second-order valence-electron chi connectivity index (χ2n) is 10.9. The predicted molar refractivity (Wildman–Crippen MR) is 125 cm³/mol. The van der Waals surface area contributed by atoms with E-state index >= 15 is 0 Å². The fraction of sp³-hybridized carbons (Fsp3) is 0.800. The Morgan fingerprint density at radius 2 is 0.800 bits per heavy atom. The van der Waals surface area contributed by atoms with E-state index in [2.05, 4.69) is 83.1 Å². The van der Waals surface area contributed by atoms with Gasteiger partial charge in [0.1, 0.15) is 10.6 Å². The maximum absolute atomic E-state index is 2.33. The molecule has 0 fully saturated rings. The summed E-state index contributed by atoms with van der Waals surface area (Å²) in [6, 6.07) is 0. The first-order valence-electron chi connectivity index (χ1n) is 8.92. The minimum Gasteiger partial charge on any atom is -0.0557 e. The molecule has 5 heteroatoms. The van der Waals surface area contributed by atoms with Gasteiger partial charge in [0.05, 0.1) is 8.58 Å². The normalized spacial score (nSPS) is 20.3. The van der Waals surface area contributed by atoms with E-state index in [1.54, 1.807) is 20.7 Å². The van der Waals surface area contributed by atoms with Gasteiger partial charge in [-0.2, -0.15) is 0 Å². The topological polar surface area (TPSA) is 0 Å². The molecule has 0 atom stereocenters. The summed E-state index contributed by atoms with van der Waals surface area (Å²) in [6.45, 7) is 27.9. The van der Waals surface area contributed by atoms with E-state index in [0.29, 0.717) is 30.2 Å². The van der Waals surface area contributed by atoms with Crippen LogP contribution in [0.4, 0.5) is 0 Å². The van der Waals surface area contributed by atoms with Crippen molar-refractivity contribution in [2.75, 3.05) is 0 Å². The molecule has 2 aliphatic rings. The van der Waals surface area contributed by atoms with Crippen LogP contribution in [-0.4, -0.2) is 10.1 Å². The molecule has 0 amide bonds. The van der Waals surface area contributed by atoms with Crippen molar-refractivity contribution in [3.8, 4) is 0 Å². The summed E-state index contributed by atoms with van der Waals surface area (Å²) < 4.78 is 0. The third-order valence-corrected chi connectivity index (χ3v) is 13.7. The van der Waals surface area contributed by atoms with E-state index in [9.17, 15) is 0 Å². The van der Waals surface area contributed by atoms with E-state index in [4.69, 9.17) is 0 Å². The van der Waals surface area contributed by atoms with Gasteiger partial charge in [-0.25, -0.2) is 0 Å². The molecule has 0 aromatic heterocycles. The monoisotopic (exact) mass is 460 g/mol. The Balaban J connectivity index is 0.000000449. The van der Waals surface area contributed by atoms with E-state index < -0.39 is 0 Å². The summed E-state index contributed by atoms with van der Waals surface area (Å²) in [5.74, 6) is 0. The fourth-order valence-electron chi connectivity index (χ4n) is 2.22. The van der Waals surface area contributed by atoms with Crippen LogP contribution in [0.15, 0.2) is 10.6 Å². The Hall–Kier alpha value is 1.43. The summed E-state index contributed by atoms with van der Waals surface area (Å²) in [5, 5.41) is 6.90. The average Bonchev–Trinajstić information content (AvgIpc) is 2.97. The quantitative estimate of drug-likeness (QED) is 0.250. The Kier molecular flexibility index (Phi) is 9.35. The molecule has 1 radical (unpaired) electrons. The minimum absolute atomic E-state index is 0. The Morgan fingerprint density at radius 1 is 0.520 bits per heavy atom. The first-order chi connectivity index (χ1) is 10.4. The van der Waals surface area contributed by atoms with Crippen molar-refractivity contribution in [1.29, 1.82) is 0 Å². The molecule has 0 spiro atoms. The molecule has 0 aromatic carbocycles. The smallest absolute Gasteiger partial charge is 0.0557 e. The molecule has 0 aliphatic carbocycles. The standard InChI is InChI=1S/C10H18P3.C10H19P.Ni/c1-9(2,3)7-11-8(13-12-7)10(4,5)6;1-9(2,3)7-8(11-7)10(4,5)6;/h1-6H3;11H,1-6H3;/p+1. The molecule has 147 valence electrons. The molecule has 0 saturated carbocycles. The summed E-state index contributed by atoms with van der Waals surface area (Å²) in [5.41, 5.74) is 1.70. The molecule has 0 unspecified atom stereocenters. The summed E-state index contributed by atoms with van der Waals surface area (Å²) >= 11 is 0. The molecular weight excluding hydrogens is 423 g/mol. The molecule has 2 rings (SSSR count). The van der Waals surface area contributed by atoms with Gasteiger partial charge in [-0.15, -0.1) is 0 Å². The zero-order chi connectivity index (χ0) is 19.1. The molecule has 0 bridgehead atoms. The average molecular weight is 461 g/mol. The van der Waals surface area contributed by atoms with Crippen LogP contribution in [-0.2, 0) is 16.5 Å². The van der Waals surface area contributed by atoms with Crippen molar-refractivity contribution >= 4 is 43.0 Å². The summed E-state index contributed by atoms with van der Waals surface area (Å²) in [4.78, 5) is 0. The van der Waals surface area contributed by atoms with E-state index in [-0.39, 0.29) is 16.5 Å². The van der Waals surface area contributed by atoms with Crippen LogP contribution in [0.3, 0.4) is 0 Å². The van der Waals surface area contributed by atoms with E-state index in [1.165, 1.54) is 24.4 Å². The van der Waals surface area contributed by atoms with Gasteiger partial charge in [0.2, 0.25) is 0 Å². The first kappa shape index (κ1) is 26.4. The van der Waals surface area contributed by atoms with Crippen molar-refractivity contribution in [3.05, 3.63) is 10.6 Å². The summed E-state index contributed by atoms with van der Waals surface area (Å²) in [6.07, 6.45) is 0. The van der Waals surface area contributed by atoms with Gasteiger partial charge in [-0.1, -0.05) is 83.1 Å². The number of hydrogen-bond donors (Lipinski definition) is 0. The van der Waals surface area contributed by atoms with Gasteiger partial charge in [0, 0.05) is 37.4 Å². The zero-order valence-corrected chi connectivity index (χ0v) is 23.1. The molecule has 0 nitrogen and oxygen atoms in total. The maximum Gasteiger partial charge on any atom is 0.115 e. The summed E-state index contributed by atoms with van der Waals surface area (Å²) in [7, 11) is 5.17. The first-order valence-corrected chi connectivity index (χ1v) is 13.5. The third kappa shape index (κ3) is 8.54. The van der Waals surface area contributed by atoms with Gasteiger partial charge in [0.25, 0.3) is 0 Å². The Morgan fingerprint density at radius 3 is 0.920 bits per heavy atom. The molecule has 0 aromatic rings. The minimum atomic E-state index is 0. The molecule has 0 N–H and O–H groups in total. The van der Waals surface area contributed by atoms with Crippen molar-refractivity contribution in [2.45, 2.75) is 83.1 Å². The van der Waals surface area contributed by atoms with E-state index in [1.807, 2.05) is 0 Å². The van der Waals surface area contributed by atoms with Crippen LogP contribution in [0.5, 0.6) is 0 Å². The van der Waals surface area contributed by atoms with Crippen LogP contribution < -0.4 is 0 Å². The van der Waals surface area contributed by atoms with Crippen LogP contribution in [0, 0.1) is 21.7 Å². The van der Waals surface area contributed by atoms with Gasteiger partial charge in [-0.05, 0) is 35.2 Å². The second kappa shape index (κ2) is 8.84. The van der Waals surface area contributed by atoms with Crippen molar-refractivity contribution in [2.24, 2.45) is 21.7 Å². The van der Waals surface area contributed by atoms with Crippen molar-refractivity contribution in [1.82, 2.24) is 0 Å². The van der Waals surface area contributed by atoms with Crippen LogP contribution >= 0.6 is 32.9 Å². The number of rotatable bonds is 0. The predicted octanol–water partition coefficient (Wildman–Crippen LogP) is 8.82. The SMILES string of the molecule is CC(C)(C)C1=C(C(C)(C)C)[PH2+]1.CC(C)(C)C1=PP=C(C(C)(C)C)[P]1.[Ni]. The van der Waals surface area contributed by atoms with Gasteiger partial charge in [0.15, 0.2) is 0 Å². The fourth-order valence-corrected chi connectivity index (χ4v) is 11.0. The Bertz CT molecular complexity index is 521. The van der Waals surface area contributed by atoms with Gasteiger partial charge < -0.3 is 0 Å². The van der Waals surface area contributed by atoms with Crippen molar-refractivity contribution < 1.29 is 16.5 Å². The van der Waals surface area contributed by atoms with Crippen LogP contribution in [0.1, 0.15) is 83.1 Å². The second-order valence-corrected chi connectivity index (χ2v) is 16.7. The van der Waals surface area contributed by atoms with Crippen LogP contribution in [0.2, 0.25) is 0 Å². The third-order valence-electron chi connectivity index (χ3n) is 3.90. The number of hydrogen-bond acceptors (Lipinski definition) is 0. The number of allylic oxidation sites excluding steroid dienone is 2. The largest absolute Gasteiger partial charge is 0.115 e. The molecule has 0 saturated heterocycles. The van der Waals surface area contributed by atoms with Gasteiger partial charge >= 0.3 is 0 Å².